The van der Waals surface area contributed by atoms with E-state index in [4.69, 9.17) is 4.74 Å². The fourth-order valence-electron chi connectivity index (χ4n) is 4.90. The minimum Gasteiger partial charge on any atom is -0.377 e. The second-order valence-electron chi connectivity index (χ2n) is 8.20. The van der Waals surface area contributed by atoms with E-state index in [1.807, 2.05) is 6.08 Å². The van der Waals surface area contributed by atoms with Gasteiger partial charge in [0.15, 0.2) is 0 Å². The smallest absolute Gasteiger partial charge is 0.0644 e. The van der Waals surface area contributed by atoms with Gasteiger partial charge in [0.25, 0.3) is 0 Å². The number of allylic oxidation sites excluding steroid dienone is 2. The molecule has 2 aliphatic rings. The molecular formula is C23H40O. The Morgan fingerprint density at radius 3 is 2.08 bits per heavy atom. The van der Waals surface area contributed by atoms with Gasteiger partial charge in [-0.25, -0.2) is 0 Å². The average Bonchev–Trinajstić information content (AvgIpc) is 2.63. The van der Waals surface area contributed by atoms with Crippen molar-refractivity contribution in [2.24, 2.45) is 23.7 Å². The molecule has 2 saturated carbocycles. The van der Waals surface area contributed by atoms with Gasteiger partial charge in [0.1, 0.15) is 0 Å². The van der Waals surface area contributed by atoms with E-state index < -0.39 is 0 Å². The van der Waals surface area contributed by atoms with Crippen molar-refractivity contribution in [3.63, 3.8) is 0 Å². The van der Waals surface area contributed by atoms with Crippen molar-refractivity contribution in [2.45, 2.75) is 84.0 Å². The van der Waals surface area contributed by atoms with Gasteiger partial charge in [-0.1, -0.05) is 44.4 Å². The molecule has 0 bridgehead atoms. The van der Waals surface area contributed by atoms with Gasteiger partial charge in [0.2, 0.25) is 0 Å². The van der Waals surface area contributed by atoms with E-state index >= 15 is 0 Å². The lowest BCUT2D eigenvalue weighted by molar-refractivity contribution is 0.0780. The highest BCUT2D eigenvalue weighted by Gasteiger charge is 2.30. The molecule has 0 heterocycles. The molecule has 2 aliphatic carbocycles. The van der Waals surface area contributed by atoms with Crippen molar-refractivity contribution < 1.29 is 4.74 Å². The van der Waals surface area contributed by atoms with Crippen LogP contribution >= 0.6 is 0 Å². The van der Waals surface area contributed by atoms with Crippen molar-refractivity contribution >= 4 is 0 Å². The van der Waals surface area contributed by atoms with Crippen LogP contribution in [0, 0.1) is 23.7 Å². The quantitative estimate of drug-likeness (QED) is 0.311. The van der Waals surface area contributed by atoms with E-state index in [0.717, 1.165) is 36.9 Å². The molecule has 0 atom stereocenters. The molecule has 0 unspecified atom stereocenters. The van der Waals surface area contributed by atoms with Crippen molar-refractivity contribution in [3.8, 4) is 0 Å². The van der Waals surface area contributed by atoms with E-state index in [9.17, 15) is 0 Å². The molecule has 24 heavy (non-hydrogen) atoms. The topological polar surface area (TPSA) is 9.23 Å². The summed E-state index contributed by atoms with van der Waals surface area (Å²) in [6, 6.07) is 0. The van der Waals surface area contributed by atoms with Crippen LogP contribution in [0.15, 0.2) is 24.8 Å². The van der Waals surface area contributed by atoms with Gasteiger partial charge in [-0.3, -0.25) is 0 Å². The number of ether oxygens (including phenoxy) is 1. The molecule has 0 N–H and O–H groups in total. The molecule has 0 aromatic carbocycles. The third-order valence-corrected chi connectivity index (χ3v) is 6.42. The van der Waals surface area contributed by atoms with Crippen LogP contribution in [-0.4, -0.2) is 13.2 Å². The predicted molar refractivity (Wildman–Crippen MR) is 105 cm³/mol. The Labute approximate surface area is 150 Å². The second-order valence-corrected chi connectivity index (χ2v) is 8.20. The van der Waals surface area contributed by atoms with E-state index in [-0.39, 0.29) is 0 Å². The van der Waals surface area contributed by atoms with E-state index in [1.165, 1.54) is 77.0 Å². The zero-order valence-electron chi connectivity index (χ0n) is 16.1. The summed E-state index contributed by atoms with van der Waals surface area (Å²) >= 11 is 0. The molecule has 0 aromatic heterocycles. The summed E-state index contributed by atoms with van der Waals surface area (Å²) < 4.78 is 5.66. The zero-order chi connectivity index (χ0) is 17.0. The fourth-order valence-corrected chi connectivity index (χ4v) is 4.90. The molecule has 0 radical (unpaired) electrons. The molecule has 0 aromatic rings. The molecule has 2 fully saturated rings. The van der Waals surface area contributed by atoms with Gasteiger partial charge in [-0.05, 0) is 81.5 Å². The highest BCUT2D eigenvalue weighted by Crippen LogP contribution is 2.42. The summed E-state index contributed by atoms with van der Waals surface area (Å²) in [5.41, 5.74) is 0. The van der Waals surface area contributed by atoms with Crippen molar-refractivity contribution in [1.82, 2.24) is 0 Å². The summed E-state index contributed by atoms with van der Waals surface area (Å²) in [7, 11) is 0. The lowest BCUT2D eigenvalue weighted by Crippen LogP contribution is -2.27. The van der Waals surface area contributed by atoms with Gasteiger partial charge >= 0.3 is 0 Å². The Hall–Kier alpha value is -0.560. The molecule has 1 nitrogen and oxygen atoms in total. The Morgan fingerprint density at radius 2 is 1.50 bits per heavy atom. The molecule has 138 valence electrons. The maximum atomic E-state index is 5.66. The van der Waals surface area contributed by atoms with Crippen LogP contribution in [-0.2, 0) is 4.74 Å². The lowest BCUT2D eigenvalue weighted by atomic mass is 9.69. The Bertz CT molecular complexity index is 343. The standard InChI is InChI=1S/C23H40O/c1-3-5-6-7-8-9-20-10-14-22(15-11-20)23-16-12-21(13-17-23)19-24-18-4-2/h4-6,20-23H,2-3,7-19H2,1H3/b6-5-. The second kappa shape index (κ2) is 11.9. The number of hydrogen-bond donors (Lipinski definition) is 0. The van der Waals surface area contributed by atoms with Crippen LogP contribution in [0.3, 0.4) is 0 Å². The minimum absolute atomic E-state index is 0.720. The monoisotopic (exact) mass is 332 g/mol. The largest absolute Gasteiger partial charge is 0.377 e. The van der Waals surface area contributed by atoms with Crippen LogP contribution in [0.1, 0.15) is 84.0 Å². The minimum atomic E-state index is 0.720. The molecule has 2 rings (SSSR count). The van der Waals surface area contributed by atoms with Crippen molar-refractivity contribution in [1.29, 1.82) is 0 Å². The van der Waals surface area contributed by atoms with Gasteiger partial charge in [0.05, 0.1) is 6.61 Å². The van der Waals surface area contributed by atoms with Crippen molar-refractivity contribution in [2.75, 3.05) is 13.2 Å². The van der Waals surface area contributed by atoms with Gasteiger partial charge in [-0.2, -0.15) is 0 Å². The summed E-state index contributed by atoms with van der Waals surface area (Å²) in [4.78, 5) is 0. The highest BCUT2D eigenvalue weighted by atomic mass is 16.5. The Morgan fingerprint density at radius 1 is 0.875 bits per heavy atom. The molecule has 1 heteroatoms. The first kappa shape index (κ1) is 19.8. The van der Waals surface area contributed by atoms with Crippen LogP contribution in [0.4, 0.5) is 0 Å². The highest BCUT2D eigenvalue weighted by molar-refractivity contribution is 4.83. The molecule has 0 aliphatic heterocycles. The van der Waals surface area contributed by atoms with E-state index in [1.54, 1.807) is 0 Å². The maximum absolute atomic E-state index is 5.66. The molecular weight excluding hydrogens is 292 g/mol. The SMILES string of the molecule is C=CCOCC1CCC(C2CCC(CCC/C=C\CC)CC2)CC1. The summed E-state index contributed by atoms with van der Waals surface area (Å²) in [6.07, 6.45) is 23.7. The number of unbranched alkanes of at least 4 members (excludes halogenated alkanes) is 1. The van der Waals surface area contributed by atoms with Crippen molar-refractivity contribution in [3.05, 3.63) is 24.8 Å². The van der Waals surface area contributed by atoms with Gasteiger partial charge in [0, 0.05) is 6.61 Å². The van der Waals surface area contributed by atoms with Gasteiger partial charge in [-0.15, -0.1) is 6.58 Å². The molecule has 0 amide bonds. The van der Waals surface area contributed by atoms with Crippen LogP contribution in [0.5, 0.6) is 0 Å². The van der Waals surface area contributed by atoms with Crippen LogP contribution in [0.25, 0.3) is 0 Å². The first-order valence-electron chi connectivity index (χ1n) is 10.7. The molecule has 0 saturated heterocycles. The first-order valence-corrected chi connectivity index (χ1v) is 10.7. The first-order chi connectivity index (χ1) is 11.8. The Balaban J connectivity index is 1.56. The predicted octanol–water partition coefficient (Wildman–Crippen LogP) is 6.94. The summed E-state index contributed by atoms with van der Waals surface area (Å²) in [5, 5.41) is 0. The number of hydrogen-bond acceptors (Lipinski definition) is 1. The average molecular weight is 333 g/mol. The number of rotatable bonds is 10. The fraction of sp³-hybridized carbons (Fsp3) is 0.826. The zero-order valence-corrected chi connectivity index (χ0v) is 16.1. The van der Waals surface area contributed by atoms with E-state index in [2.05, 4.69) is 25.7 Å². The summed E-state index contributed by atoms with van der Waals surface area (Å²) in [5.74, 6) is 3.90. The maximum Gasteiger partial charge on any atom is 0.0644 e. The normalized spacial score (nSPS) is 31.4. The molecule has 0 spiro atoms. The third kappa shape index (κ3) is 7.13. The third-order valence-electron chi connectivity index (χ3n) is 6.42. The Kier molecular flexibility index (Phi) is 9.80. The lowest BCUT2D eigenvalue weighted by Gasteiger charge is -2.38. The van der Waals surface area contributed by atoms with Crippen LogP contribution < -0.4 is 0 Å². The van der Waals surface area contributed by atoms with Crippen LogP contribution in [0.2, 0.25) is 0 Å². The van der Waals surface area contributed by atoms with Gasteiger partial charge < -0.3 is 4.74 Å². The summed E-state index contributed by atoms with van der Waals surface area (Å²) in [6.45, 7) is 7.62. The van der Waals surface area contributed by atoms with E-state index in [0.29, 0.717) is 0 Å².